The highest BCUT2D eigenvalue weighted by atomic mass is 16.6. The maximum Gasteiger partial charge on any atom is 0.115 e. The Morgan fingerprint density at radius 2 is 2.31 bits per heavy atom. The highest BCUT2D eigenvalue weighted by molar-refractivity contribution is 5.24. The first-order chi connectivity index (χ1) is 6.24. The maximum absolute atomic E-state index is 5.34. The Labute approximate surface area is 78.9 Å². The van der Waals surface area contributed by atoms with Crippen molar-refractivity contribution in [1.82, 2.24) is 4.98 Å². The summed E-state index contributed by atoms with van der Waals surface area (Å²) in [6.07, 6.45) is 4.16. The minimum atomic E-state index is -0.0300. The lowest BCUT2D eigenvalue weighted by molar-refractivity contribution is 0.329. The molecule has 2 heteroatoms. The van der Waals surface area contributed by atoms with Gasteiger partial charge in [0.25, 0.3) is 0 Å². The van der Waals surface area contributed by atoms with Gasteiger partial charge in [-0.1, -0.05) is 19.4 Å². The Bertz CT molecular complexity index is 287. The van der Waals surface area contributed by atoms with Crippen LogP contribution in [-0.2, 0) is 16.8 Å². The molecule has 2 heterocycles. The van der Waals surface area contributed by atoms with Gasteiger partial charge in [0, 0.05) is 17.5 Å². The second kappa shape index (κ2) is 3.11. The Morgan fingerprint density at radius 3 is 2.77 bits per heavy atom. The van der Waals surface area contributed by atoms with Crippen LogP contribution in [0.15, 0.2) is 18.3 Å². The fourth-order valence-corrected chi connectivity index (χ4v) is 1.42. The summed E-state index contributed by atoms with van der Waals surface area (Å²) in [4.78, 5) is 4.39. The van der Waals surface area contributed by atoms with Crippen molar-refractivity contribution in [1.29, 1.82) is 0 Å². The lowest BCUT2D eigenvalue weighted by Gasteiger charge is -2.05. The van der Waals surface area contributed by atoms with Gasteiger partial charge in [0.2, 0.25) is 0 Å². The number of pyridine rings is 1. The zero-order chi connectivity index (χ0) is 9.31. The quantitative estimate of drug-likeness (QED) is 0.662. The summed E-state index contributed by atoms with van der Waals surface area (Å²) in [7, 11) is 0. The molecule has 13 heavy (non-hydrogen) atoms. The molecule has 1 aliphatic rings. The van der Waals surface area contributed by atoms with Crippen LogP contribution in [0.1, 0.15) is 31.5 Å². The minimum absolute atomic E-state index is 0.0300. The van der Waals surface area contributed by atoms with Gasteiger partial charge in [-0.05, 0) is 19.4 Å². The van der Waals surface area contributed by atoms with Crippen molar-refractivity contribution in [3.63, 3.8) is 0 Å². The monoisotopic (exact) mass is 177 g/mol. The maximum atomic E-state index is 5.34. The lowest BCUT2D eigenvalue weighted by atomic mass is 10.0. The summed E-state index contributed by atoms with van der Waals surface area (Å²) >= 11 is 0. The van der Waals surface area contributed by atoms with Gasteiger partial charge in [-0.2, -0.15) is 0 Å². The second-order valence-corrected chi connectivity index (χ2v) is 3.81. The van der Waals surface area contributed by atoms with E-state index in [9.17, 15) is 0 Å². The van der Waals surface area contributed by atoms with E-state index in [1.165, 1.54) is 11.3 Å². The Hall–Kier alpha value is -0.890. The number of hydrogen-bond donors (Lipinski definition) is 0. The van der Waals surface area contributed by atoms with E-state index in [2.05, 4.69) is 31.0 Å². The Balaban J connectivity index is 2.14. The van der Waals surface area contributed by atoms with E-state index in [1.807, 2.05) is 6.20 Å². The molecule has 0 radical (unpaired) electrons. The molecule has 1 aromatic heterocycles. The van der Waals surface area contributed by atoms with Gasteiger partial charge >= 0.3 is 0 Å². The number of epoxide rings is 1. The molecule has 1 aromatic rings. The van der Waals surface area contributed by atoms with Crippen molar-refractivity contribution < 1.29 is 4.74 Å². The van der Waals surface area contributed by atoms with Crippen molar-refractivity contribution in [2.24, 2.45) is 0 Å². The van der Waals surface area contributed by atoms with Crippen molar-refractivity contribution in [3.8, 4) is 0 Å². The molecular weight excluding hydrogens is 162 g/mol. The Morgan fingerprint density at radius 1 is 1.54 bits per heavy atom. The van der Waals surface area contributed by atoms with E-state index < -0.39 is 0 Å². The predicted molar refractivity (Wildman–Crippen MR) is 51.5 cm³/mol. The third-order valence-electron chi connectivity index (χ3n) is 2.52. The number of rotatable bonds is 3. The highest BCUT2D eigenvalue weighted by Crippen LogP contribution is 2.37. The molecule has 2 rings (SSSR count). The summed E-state index contributed by atoms with van der Waals surface area (Å²) < 4.78 is 5.34. The SMILES string of the molecule is CCCc1ccc(C2(C)CO2)cn1. The van der Waals surface area contributed by atoms with Crippen molar-refractivity contribution in [2.45, 2.75) is 32.3 Å². The molecule has 1 fully saturated rings. The molecule has 0 spiro atoms. The molecule has 0 saturated carbocycles. The molecule has 2 nitrogen and oxygen atoms in total. The van der Waals surface area contributed by atoms with Crippen LogP contribution in [0.2, 0.25) is 0 Å². The van der Waals surface area contributed by atoms with E-state index in [0.717, 1.165) is 19.4 Å². The minimum Gasteiger partial charge on any atom is -0.365 e. The zero-order valence-corrected chi connectivity index (χ0v) is 8.21. The molecule has 1 saturated heterocycles. The highest BCUT2D eigenvalue weighted by Gasteiger charge is 2.41. The van der Waals surface area contributed by atoms with Crippen LogP contribution in [0.25, 0.3) is 0 Å². The largest absolute Gasteiger partial charge is 0.365 e. The van der Waals surface area contributed by atoms with E-state index >= 15 is 0 Å². The molecular formula is C11H15NO. The number of aromatic nitrogens is 1. The van der Waals surface area contributed by atoms with Crippen molar-refractivity contribution in [3.05, 3.63) is 29.6 Å². The van der Waals surface area contributed by atoms with Gasteiger partial charge < -0.3 is 4.74 Å². The van der Waals surface area contributed by atoms with Crippen LogP contribution in [-0.4, -0.2) is 11.6 Å². The van der Waals surface area contributed by atoms with Crippen LogP contribution in [0.5, 0.6) is 0 Å². The van der Waals surface area contributed by atoms with Gasteiger partial charge in [-0.25, -0.2) is 0 Å². The first-order valence-corrected chi connectivity index (χ1v) is 4.84. The first-order valence-electron chi connectivity index (χ1n) is 4.84. The van der Waals surface area contributed by atoms with E-state index in [4.69, 9.17) is 4.74 Å². The lowest BCUT2D eigenvalue weighted by Crippen LogP contribution is -2.03. The summed E-state index contributed by atoms with van der Waals surface area (Å²) in [5.74, 6) is 0. The number of aryl methyl sites for hydroxylation is 1. The van der Waals surface area contributed by atoms with Gasteiger partial charge in [0.05, 0.1) is 6.61 Å². The standard InChI is InChI=1S/C11H15NO/c1-3-4-10-6-5-9(7-12-10)11(2)8-13-11/h5-7H,3-4,8H2,1-2H3. The molecule has 0 amide bonds. The van der Waals surface area contributed by atoms with Gasteiger partial charge in [0.1, 0.15) is 5.60 Å². The van der Waals surface area contributed by atoms with Crippen LogP contribution in [0, 0.1) is 0 Å². The molecule has 1 atom stereocenters. The summed E-state index contributed by atoms with van der Waals surface area (Å²) in [6, 6.07) is 4.23. The van der Waals surface area contributed by atoms with Crippen molar-refractivity contribution in [2.75, 3.05) is 6.61 Å². The topological polar surface area (TPSA) is 25.4 Å². The number of ether oxygens (including phenoxy) is 1. The third-order valence-corrected chi connectivity index (χ3v) is 2.52. The number of hydrogen-bond acceptors (Lipinski definition) is 2. The fraction of sp³-hybridized carbons (Fsp3) is 0.545. The molecule has 70 valence electrons. The average molecular weight is 177 g/mol. The third kappa shape index (κ3) is 1.73. The van der Waals surface area contributed by atoms with Crippen LogP contribution in [0.4, 0.5) is 0 Å². The second-order valence-electron chi connectivity index (χ2n) is 3.81. The molecule has 0 bridgehead atoms. The molecule has 0 N–H and O–H groups in total. The first kappa shape index (κ1) is 8.70. The van der Waals surface area contributed by atoms with Gasteiger partial charge in [0.15, 0.2) is 0 Å². The fourth-order valence-electron chi connectivity index (χ4n) is 1.42. The van der Waals surface area contributed by atoms with Crippen LogP contribution >= 0.6 is 0 Å². The summed E-state index contributed by atoms with van der Waals surface area (Å²) in [5.41, 5.74) is 2.35. The molecule has 0 aromatic carbocycles. The van der Waals surface area contributed by atoms with E-state index in [0.29, 0.717) is 0 Å². The van der Waals surface area contributed by atoms with Crippen LogP contribution < -0.4 is 0 Å². The zero-order valence-electron chi connectivity index (χ0n) is 8.21. The number of nitrogens with zero attached hydrogens (tertiary/aromatic N) is 1. The van der Waals surface area contributed by atoms with Crippen LogP contribution in [0.3, 0.4) is 0 Å². The molecule has 1 unspecified atom stereocenters. The smallest absolute Gasteiger partial charge is 0.115 e. The molecule has 1 aliphatic heterocycles. The van der Waals surface area contributed by atoms with Gasteiger partial charge in [-0.3, -0.25) is 4.98 Å². The van der Waals surface area contributed by atoms with Crippen molar-refractivity contribution >= 4 is 0 Å². The predicted octanol–water partition coefficient (Wildman–Crippen LogP) is 2.28. The normalized spacial score (nSPS) is 26.0. The average Bonchev–Trinajstić information content (AvgIpc) is 2.87. The summed E-state index contributed by atoms with van der Waals surface area (Å²) in [6.45, 7) is 5.10. The summed E-state index contributed by atoms with van der Waals surface area (Å²) in [5, 5.41) is 0. The van der Waals surface area contributed by atoms with E-state index in [1.54, 1.807) is 0 Å². The van der Waals surface area contributed by atoms with Gasteiger partial charge in [-0.15, -0.1) is 0 Å². The van der Waals surface area contributed by atoms with E-state index in [-0.39, 0.29) is 5.60 Å². The molecule has 0 aliphatic carbocycles. The Kier molecular flexibility index (Phi) is 2.08.